The first-order valence-electron chi connectivity index (χ1n) is 11.5. The monoisotopic (exact) mass is 501 g/mol. The number of amides is 1. The number of nitrogens with one attached hydrogen (secondary N) is 1. The van der Waals surface area contributed by atoms with Gasteiger partial charge in [0.1, 0.15) is 5.84 Å². The quantitative estimate of drug-likeness (QED) is 0.350. The molecule has 1 aliphatic heterocycles. The third kappa shape index (κ3) is 7.33. The van der Waals surface area contributed by atoms with Crippen molar-refractivity contribution in [2.75, 3.05) is 40.3 Å². The van der Waals surface area contributed by atoms with Crippen LogP contribution in [0.15, 0.2) is 58.4 Å². The topological polar surface area (TPSA) is 125 Å². The van der Waals surface area contributed by atoms with E-state index in [0.29, 0.717) is 18.5 Å². The average Bonchev–Trinajstić information content (AvgIpc) is 3.37. The van der Waals surface area contributed by atoms with Gasteiger partial charge in [-0.3, -0.25) is 19.9 Å². The summed E-state index contributed by atoms with van der Waals surface area (Å²) >= 11 is 0. The molecule has 0 saturated heterocycles. The van der Waals surface area contributed by atoms with E-state index in [2.05, 4.69) is 10.3 Å². The number of likely N-dealkylation sites (N-methyl/N-ethyl adjacent to an activating group) is 1. The number of carbonyl (C=O) groups is 1. The molecule has 0 spiro atoms. The predicted octanol–water partition coefficient (Wildman–Crippen LogP) is 1.91. The number of rotatable bonds is 12. The number of carbonyl (C=O) groups excluding carboxylic acids is 1. The van der Waals surface area contributed by atoms with Crippen molar-refractivity contribution in [1.29, 1.82) is 0 Å². The van der Waals surface area contributed by atoms with E-state index in [1.165, 1.54) is 35.6 Å². The van der Waals surface area contributed by atoms with Crippen molar-refractivity contribution < 1.29 is 18.1 Å². The summed E-state index contributed by atoms with van der Waals surface area (Å²) in [6, 6.07) is 13.8. The van der Waals surface area contributed by atoms with Crippen LogP contribution in [-0.2, 0) is 27.8 Å². The van der Waals surface area contributed by atoms with Gasteiger partial charge in [-0.1, -0.05) is 36.4 Å². The van der Waals surface area contributed by atoms with Crippen molar-refractivity contribution in [3.63, 3.8) is 0 Å². The van der Waals surface area contributed by atoms with E-state index in [4.69, 9.17) is 0 Å². The lowest BCUT2D eigenvalue weighted by Gasteiger charge is -2.20. The van der Waals surface area contributed by atoms with Gasteiger partial charge >= 0.3 is 0 Å². The molecular weight excluding hydrogens is 470 g/mol. The number of nitro groups is 1. The first-order valence-corrected chi connectivity index (χ1v) is 12.9. The van der Waals surface area contributed by atoms with E-state index in [9.17, 15) is 23.3 Å². The fourth-order valence-electron chi connectivity index (χ4n) is 3.70. The molecule has 0 unspecified atom stereocenters. The fourth-order valence-corrected chi connectivity index (χ4v) is 4.91. The largest absolute Gasteiger partial charge is 0.368 e. The molecule has 0 radical (unpaired) electrons. The van der Waals surface area contributed by atoms with Crippen LogP contribution in [0.3, 0.4) is 0 Å². The lowest BCUT2D eigenvalue weighted by atomic mass is 10.1. The number of aliphatic imine (C=N–C) groups is 1. The van der Waals surface area contributed by atoms with Gasteiger partial charge in [0.25, 0.3) is 0 Å². The fraction of sp³-hybridized carbons (Fsp3) is 0.417. The molecule has 1 amide bonds. The maximum absolute atomic E-state index is 12.7. The summed E-state index contributed by atoms with van der Waals surface area (Å²) in [6.45, 7) is 2.07. The van der Waals surface area contributed by atoms with Crippen LogP contribution in [0.2, 0.25) is 0 Å². The Balaban J connectivity index is 1.42. The summed E-state index contributed by atoms with van der Waals surface area (Å²) in [5, 5.41) is 13.8. The average molecular weight is 502 g/mol. The summed E-state index contributed by atoms with van der Waals surface area (Å²) in [5.74, 6) is 0.878. The SMILES string of the molecule is CN(CCc1ccc(C2=NCCN2)cc1)C(=O)CCCN(C)S(=O)(=O)c1ccc(C[N+](=O)[O-])cc1. The molecule has 3 rings (SSSR count). The van der Waals surface area contributed by atoms with Crippen molar-refractivity contribution in [3.8, 4) is 0 Å². The van der Waals surface area contributed by atoms with Crippen molar-refractivity contribution in [2.24, 2.45) is 4.99 Å². The highest BCUT2D eigenvalue weighted by Crippen LogP contribution is 2.16. The van der Waals surface area contributed by atoms with E-state index >= 15 is 0 Å². The molecule has 0 atom stereocenters. The third-order valence-corrected chi connectivity index (χ3v) is 7.74. The van der Waals surface area contributed by atoms with Gasteiger partial charge in [-0.2, -0.15) is 0 Å². The maximum atomic E-state index is 12.7. The number of hydrogen-bond acceptors (Lipinski definition) is 7. The standard InChI is InChI=1S/C24H31N5O5S/c1-27(17-13-19-5-9-21(10-6-19)24-25-14-15-26-24)23(30)4-3-16-28(2)35(33,34)22-11-7-20(8-12-22)18-29(31)32/h5-12H,3-4,13-18H2,1-2H3,(H,25,26). The zero-order chi connectivity index (χ0) is 25.4. The lowest BCUT2D eigenvalue weighted by Crippen LogP contribution is -2.31. The molecule has 1 aliphatic rings. The highest BCUT2D eigenvalue weighted by Gasteiger charge is 2.21. The molecular formula is C24H31N5O5S. The smallest absolute Gasteiger partial charge is 0.242 e. The van der Waals surface area contributed by atoms with Gasteiger partial charge in [0.15, 0.2) is 0 Å². The Hall–Kier alpha value is -3.31. The second-order valence-corrected chi connectivity index (χ2v) is 10.5. The molecule has 1 heterocycles. The molecule has 0 fully saturated rings. The zero-order valence-electron chi connectivity index (χ0n) is 20.0. The van der Waals surface area contributed by atoms with E-state index in [-0.39, 0.29) is 30.3 Å². The van der Waals surface area contributed by atoms with E-state index < -0.39 is 14.9 Å². The molecule has 35 heavy (non-hydrogen) atoms. The second kappa shape index (κ2) is 11.9. The van der Waals surface area contributed by atoms with E-state index in [0.717, 1.165) is 36.5 Å². The first-order chi connectivity index (χ1) is 16.7. The van der Waals surface area contributed by atoms with Gasteiger partial charge in [-0.05, 0) is 30.5 Å². The summed E-state index contributed by atoms with van der Waals surface area (Å²) in [7, 11) is -0.519. The Bertz CT molecular complexity index is 1160. The van der Waals surface area contributed by atoms with Crippen molar-refractivity contribution >= 4 is 21.8 Å². The van der Waals surface area contributed by atoms with Crippen molar-refractivity contribution in [2.45, 2.75) is 30.7 Å². The predicted molar refractivity (Wildman–Crippen MR) is 133 cm³/mol. The molecule has 0 aliphatic carbocycles. The van der Waals surface area contributed by atoms with Crippen LogP contribution in [0.1, 0.15) is 29.5 Å². The summed E-state index contributed by atoms with van der Waals surface area (Å²) in [4.78, 5) is 28.8. The van der Waals surface area contributed by atoms with Crippen LogP contribution < -0.4 is 5.32 Å². The molecule has 2 aromatic carbocycles. The summed E-state index contributed by atoms with van der Waals surface area (Å²) < 4.78 is 26.7. The van der Waals surface area contributed by atoms with Crippen LogP contribution in [0.4, 0.5) is 0 Å². The minimum absolute atomic E-state index is 0.0407. The Morgan fingerprint density at radius 2 is 1.71 bits per heavy atom. The van der Waals surface area contributed by atoms with Crippen LogP contribution in [0.25, 0.3) is 0 Å². The minimum Gasteiger partial charge on any atom is -0.368 e. The van der Waals surface area contributed by atoms with Crippen molar-refractivity contribution in [3.05, 3.63) is 75.3 Å². The highest BCUT2D eigenvalue weighted by atomic mass is 32.2. The zero-order valence-corrected chi connectivity index (χ0v) is 20.8. The molecule has 2 aromatic rings. The van der Waals surface area contributed by atoms with Crippen molar-refractivity contribution in [1.82, 2.24) is 14.5 Å². The Morgan fingerprint density at radius 1 is 1.06 bits per heavy atom. The molecule has 1 N–H and O–H groups in total. The number of amidine groups is 1. The summed E-state index contributed by atoms with van der Waals surface area (Å²) in [6.07, 6.45) is 1.35. The molecule has 0 bridgehead atoms. The van der Waals surface area contributed by atoms with Gasteiger partial charge in [-0.25, -0.2) is 12.7 Å². The minimum atomic E-state index is -3.73. The highest BCUT2D eigenvalue weighted by molar-refractivity contribution is 7.89. The van der Waals surface area contributed by atoms with Gasteiger partial charge in [-0.15, -0.1) is 0 Å². The van der Waals surface area contributed by atoms with Crippen LogP contribution >= 0.6 is 0 Å². The number of nitrogens with zero attached hydrogens (tertiary/aromatic N) is 4. The van der Waals surface area contributed by atoms with Gasteiger partial charge in [0.2, 0.25) is 22.5 Å². The first kappa shape index (κ1) is 26.3. The second-order valence-electron chi connectivity index (χ2n) is 8.48. The van der Waals surface area contributed by atoms with Crippen LogP contribution in [0, 0.1) is 10.1 Å². The molecule has 0 aromatic heterocycles. The normalized spacial score (nSPS) is 13.4. The lowest BCUT2D eigenvalue weighted by molar-refractivity contribution is -0.496. The molecule has 188 valence electrons. The van der Waals surface area contributed by atoms with Gasteiger partial charge in [0.05, 0.1) is 11.4 Å². The molecule has 0 saturated carbocycles. The Kier molecular flexibility index (Phi) is 8.94. The molecule has 11 heteroatoms. The number of hydrogen-bond donors (Lipinski definition) is 1. The van der Waals surface area contributed by atoms with Crippen LogP contribution in [-0.4, -0.2) is 74.6 Å². The maximum Gasteiger partial charge on any atom is 0.242 e. The number of sulfonamides is 1. The summed E-state index contributed by atoms with van der Waals surface area (Å²) in [5.41, 5.74) is 2.62. The van der Waals surface area contributed by atoms with E-state index in [1.54, 1.807) is 11.9 Å². The number of benzene rings is 2. The third-order valence-electron chi connectivity index (χ3n) is 5.87. The Labute approximate surface area is 205 Å². The van der Waals surface area contributed by atoms with Gasteiger partial charge < -0.3 is 10.2 Å². The Morgan fingerprint density at radius 3 is 2.31 bits per heavy atom. The van der Waals surface area contributed by atoms with Crippen LogP contribution in [0.5, 0.6) is 0 Å². The molecule has 10 nitrogen and oxygen atoms in total. The van der Waals surface area contributed by atoms with Gasteiger partial charge in [0, 0.05) is 56.2 Å². The van der Waals surface area contributed by atoms with E-state index in [1.807, 2.05) is 24.3 Å².